The van der Waals surface area contributed by atoms with Gasteiger partial charge in [0.05, 0.1) is 4.90 Å². The predicted octanol–water partition coefficient (Wildman–Crippen LogP) is 0.238. The monoisotopic (exact) mass is 271 g/mol. The minimum atomic E-state index is -3.79. The third kappa shape index (κ3) is 3.52. The van der Waals surface area contributed by atoms with Crippen molar-refractivity contribution < 1.29 is 13.2 Å². The highest BCUT2D eigenvalue weighted by Crippen LogP contribution is 2.23. The number of benzene rings is 1. The third-order valence-electron chi connectivity index (χ3n) is 2.61. The molecule has 0 saturated carbocycles. The van der Waals surface area contributed by atoms with Gasteiger partial charge in [0, 0.05) is 18.7 Å². The Morgan fingerprint density at radius 2 is 1.94 bits per heavy atom. The minimum Gasteiger partial charge on any atom is -0.330 e. The zero-order valence-electron chi connectivity index (χ0n) is 10.4. The number of rotatable bonds is 4. The van der Waals surface area contributed by atoms with Crippen LogP contribution < -0.4 is 16.2 Å². The number of hydrogen-bond donors (Lipinski definition) is 3. The summed E-state index contributed by atoms with van der Waals surface area (Å²) >= 11 is 0. The van der Waals surface area contributed by atoms with Gasteiger partial charge in [0.25, 0.3) is 0 Å². The summed E-state index contributed by atoms with van der Waals surface area (Å²) in [6.07, 6.45) is 0.179. The minimum absolute atomic E-state index is 0.0198. The molecule has 0 heterocycles. The van der Waals surface area contributed by atoms with E-state index in [0.717, 1.165) is 11.1 Å². The second kappa shape index (κ2) is 5.47. The van der Waals surface area contributed by atoms with Crippen LogP contribution in [-0.4, -0.2) is 20.9 Å². The predicted molar refractivity (Wildman–Crippen MR) is 69.6 cm³/mol. The van der Waals surface area contributed by atoms with Crippen LogP contribution in [0.4, 0.5) is 5.69 Å². The lowest BCUT2D eigenvalue weighted by atomic mass is 10.1. The molecule has 0 radical (unpaired) electrons. The highest BCUT2D eigenvalue weighted by molar-refractivity contribution is 7.89. The first kappa shape index (κ1) is 14.6. The number of sulfonamides is 1. The molecule has 0 unspecified atom stereocenters. The quantitative estimate of drug-likeness (QED) is 0.727. The molecule has 6 nitrogen and oxygen atoms in total. The van der Waals surface area contributed by atoms with E-state index in [2.05, 4.69) is 5.32 Å². The lowest BCUT2D eigenvalue weighted by Gasteiger charge is -2.12. The van der Waals surface area contributed by atoms with Gasteiger partial charge in [0.1, 0.15) is 0 Å². The molecule has 1 amide bonds. The maximum Gasteiger partial charge on any atom is 0.238 e. The molecule has 0 bridgehead atoms. The van der Waals surface area contributed by atoms with E-state index in [0.29, 0.717) is 5.69 Å². The van der Waals surface area contributed by atoms with E-state index >= 15 is 0 Å². The molecule has 0 aromatic heterocycles. The molecular weight excluding hydrogens is 254 g/mol. The second-order valence-electron chi connectivity index (χ2n) is 4.04. The smallest absolute Gasteiger partial charge is 0.238 e. The van der Waals surface area contributed by atoms with Crippen LogP contribution in [-0.2, 0) is 14.8 Å². The fraction of sp³-hybridized carbons (Fsp3) is 0.364. The molecular formula is C11H17N3O3S. The average molecular weight is 271 g/mol. The summed E-state index contributed by atoms with van der Waals surface area (Å²) in [4.78, 5) is 11.4. The van der Waals surface area contributed by atoms with Gasteiger partial charge in [0.15, 0.2) is 0 Å². The van der Waals surface area contributed by atoms with Crippen molar-refractivity contribution in [2.45, 2.75) is 25.2 Å². The zero-order valence-corrected chi connectivity index (χ0v) is 11.2. The van der Waals surface area contributed by atoms with E-state index in [1.165, 1.54) is 12.1 Å². The fourth-order valence-electron chi connectivity index (χ4n) is 1.46. The van der Waals surface area contributed by atoms with Crippen LogP contribution in [0.5, 0.6) is 0 Å². The van der Waals surface area contributed by atoms with Crippen LogP contribution in [0.15, 0.2) is 17.0 Å². The summed E-state index contributed by atoms with van der Waals surface area (Å²) in [5, 5.41) is 7.70. The van der Waals surface area contributed by atoms with Crippen LogP contribution in [0.2, 0.25) is 0 Å². The molecule has 100 valence electrons. The van der Waals surface area contributed by atoms with Gasteiger partial charge in [0.2, 0.25) is 15.9 Å². The summed E-state index contributed by atoms with van der Waals surface area (Å²) in [7, 11) is -3.79. The highest BCUT2D eigenvalue weighted by Gasteiger charge is 2.13. The largest absolute Gasteiger partial charge is 0.330 e. The molecule has 0 saturated heterocycles. The number of amides is 1. The van der Waals surface area contributed by atoms with Gasteiger partial charge in [-0.3, -0.25) is 4.79 Å². The standard InChI is InChI=1S/C11H17N3O3S/c1-7-5-9(18(13,16)17)6-10(8(7)2)14-11(15)3-4-12/h5-6H,3-4,12H2,1-2H3,(H,14,15)(H2,13,16,17). The van der Waals surface area contributed by atoms with Crippen LogP contribution in [0.3, 0.4) is 0 Å². The SMILES string of the molecule is Cc1cc(S(N)(=O)=O)cc(NC(=O)CCN)c1C. The highest BCUT2D eigenvalue weighted by atomic mass is 32.2. The van der Waals surface area contributed by atoms with Crippen molar-refractivity contribution in [2.24, 2.45) is 10.9 Å². The lowest BCUT2D eigenvalue weighted by molar-refractivity contribution is -0.116. The molecule has 0 aliphatic heterocycles. The third-order valence-corrected chi connectivity index (χ3v) is 3.51. The Labute approximate surface area is 106 Å². The molecule has 0 spiro atoms. The van der Waals surface area contributed by atoms with E-state index in [-0.39, 0.29) is 23.8 Å². The van der Waals surface area contributed by atoms with Crippen LogP contribution in [0.25, 0.3) is 0 Å². The number of carbonyl (C=O) groups excluding carboxylic acids is 1. The van der Waals surface area contributed by atoms with E-state index in [4.69, 9.17) is 10.9 Å². The Morgan fingerprint density at radius 1 is 1.33 bits per heavy atom. The number of hydrogen-bond acceptors (Lipinski definition) is 4. The van der Waals surface area contributed by atoms with Gasteiger partial charge in [-0.25, -0.2) is 13.6 Å². The molecule has 7 heteroatoms. The Balaban J connectivity index is 3.19. The van der Waals surface area contributed by atoms with E-state index in [1.54, 1.807) is 13.8 Å². The summed E-state index contributed by atoms with van der Waals surface area (Å²) in [6.45, 7) is 3.78. The molecule has 5 N–H and O–H groups in total. The van der Waals surface area contributed by atoms with Gasteiger partial charge in [-0.15, -0.1) is 0 Å². The summed E-state index contributed by atoms with van der Waals surface area (Å²) in [6, 6.07) is 2.83. The number of primary sulfonamides is 1. The number of nitrogens with one attached hydrogen (secondary N) is 1. The number of nitrogens with two attached hydrogens (primary N) is 2. The average Bonchev–Trinajstić information content (AvgIpc) is 2.23. The van der Waals surface area contributed by atoms with Gasteiger partial charge in [-0.2, -0.15) is 0 Å². The molecule has 0 aliphatic carbocycles. The van der Waals surface area contributed by atoms with Gasteiger partial charge < -0.3 is 11.1 Å². The van der Waals surface area contributed by atoms with Crippen molar-refractivity contribution >= 4 is 21.6 Å². The number of aryl methyl sites for hydroxylation is 1. The zero-order chi connectivity index (χ0) is 13.9. The van der Waals surface area contributed by atoms with Crippen LogP contribution in [0.1, 0.15) is 17.5 Å². The Morgan fingerprint density at radius 3 is 2.44 bits per heavy atom. The first-order valence-corrected chi connectivity index (χ1v) is 6.94. The van der Waals surface area contributed by atoms with Crippen molar-refractivity contribution in [3.8, 4) is 0 Å². The first-order chi connectivity index (χ1) is 8.25. The molecule has 0 atom stereocenters. The maximum atomic E-state index is 11.5. The van der Waals surface area contributed by atoms with Crippen molar-refractivity contribution in [1.29, 1.82) is 0 Å². The van der Waals surface area contributed by atoms with Crippen molar-refractivity contribution in [2.75, 3.05) is 11.9 Å². The molecule has 1 rings (SSSR count). The van der Waals surface area contributed by atoms with Crippen LogP contribution >= 0.6 is 0 Å². The maximum absolute atomic E-state index is 11.5. The van der Waals surface area contributed by atoms with E-state index < -0.39 is 10.0 Å². The van der Waals surface area contributed by atoms with Crippen LogP contribution in [0, 0.1) is 13.8 Å². The summed E-state index contributed by atoms with van der Waals surface area (Å²) in [5.41, 5.74) is 7.25. The van der Waals surface area contributed by atoms with E-state index in [9.17, 15) is 13.2 Å². The summed E-state index contributed by atoms with van der Waals surface area (Å²) in [5.74, 6) is -0.258. The van der Waals surface area contributed by atoms with E-state index in [1.807, 2.05) is 0 Å². The van der Waals surface area contributed by atoms with Gasteiger partial charge >= 0.3 is 0 Å². The van der Waals surface area contributed by atoms with Crippen molar-refractivity contribution in [3.63, 3.8) is 0 Å². The summed E-state index contributed by atoms with van der Waals surface area (Å²) < 4.78 is 22.6. The fourth-order valence-corrected chi connectivity index (χ4v) is 2.09. The first-order valence-electron chi connectivity index (χ1n) is 5.39. The molecule has 0 aliphatic rings. The molecule has 18 heavy (non-hydrogen) atoms. The van der Waals surface area contributed by atoms with Crippen molar-refractivity contribution in [3.05, 3.63) is 23.3 Å². The van der Waals surface area contributed by atoms with Crippen molar-refractivity contribution in [1.82, 2.24) is 0 Å². The molecule has 0 fully saturated rings. The van der Waals surface area contributed by atoms with Gasteiger partial charge in [-0.05, 0) is 37.1 Å². The van der Waals surface area contributed by atoms with Gasteiger partial charge in [-0.1, -0.05) is 0 Å². The number of anilines is 1. The molecule has 1 aromatic rings. The lowest BCUT2D eigenvalue weighted by Crippen LogP contribution is -2.18. The second-order valence-corrected chi connectivity index (χ2v) is 5.61. The normalized spacial score (nSPS) is 11.3. The Hall–Kier alpha value is -1.44. The Kier molecular flexibility index (Phi) is 4.44. The topological polar surface area (TPSA) is 115 Å². The Bertz CT molecular complexity index is 567. The molecule has 1 aromatic carbocycles. The number of carbonyl (C=O) groups is 1.